The van der Waals surface area contributed by atoms with E-state index in [1.807, 2.05) is 59.5 Å². The van der Waals surface area contributed by atoms with Gasteiger partial charge in [0.2, 0.25) is 5.91 Å². The Kier molecular flexibility index (Phi) is 6.03. The molecule has 1 aliphatic rings. The van der Waals surface area contributed by atoms with E-state index in [4.69, 9.17) is 10.5 Å². The zero-order chi connectivity index (χ0) is 21.8. The molecule has 1 saturated carbocycles. The van der Waals surface area contributed by atoms with Crippen LogP contribution in [0, 0.1) is 0 Å². The van der Waals surface area contributed by atoms with Gasteiger partial charge in [0.25, 0.3) is 5.91 Å². The normalized spacial score (nSPS) is 14.0. The molecule has 5 heteroatoms. The van der Waals surface area contributed by atoms with Crippen molar-refractivity contribution in [3.8, 4) is 16.9 Å². The second kappa shape index (κ2) is 9.04. The Morgan fingerprint density at radius 3 is 2.13 bits per heavy atom. The number of rotatable bonds is 8. The molecule has 3 aromatic rings. The number of ether oxygens (including phenoxy) is 1. The summed E-state index contributed by atoms with van der Waals surface area (Å²) in [5.74, 6) is 0.178. The Labute approximate surface area is 182 Å². The van der Waals surface area contributed by atoms with E-state index in [2.05, 4.69) is 12.1 Å². The first kappa shape index (κ1) is 20.7. The molecule has 1 atom stereocenters. The van der Waals surface area contributed by atoms with Crippen LogP contribution in [0.25, 0.3) is 11.1 Å². The lowest BCUT2D eigenvalue weighted by molar-refractivity contribution is -0.139. The number of nitrogens with zero attached hydrogens (tertiary/aromatic N) is 1. The van der Waals surface area contributed by atoms with Gasteiger partial charge in [0.1, 0.15) is 5.75 Å². The van der Waals surface area contributed by atoms with E-state index in [0.29, 0.717) is 17.9 Å². The van der Waals surface area contributed by atoms with E-state index in [9.17, 15) is 9.59 Å². The number of primary amides is 1. The minimum atomic E-state index is -0.590. The van der Waals surface area contributed by atoms with Crippen LogP contribution in [0.2, 0.25) is 0 Å². The van der Waals surface area contributed by atoms with Crippen molar-refractivity contribution in [3.05, 3.63) is 90.0 Å². The van der Waals surface area contributed by atoms with Gasteiger partial charge in [-0.1, -0.05) is 54.6 Å². The maximum absolute atomic E-state index is 13.1. The van der Waals surface area contributed by atoms with Crippen LogP contribution in [0.3, 0.4) is 0 Å². The summed E-state index contributed by atoms with van der Waals surface area (Å²) in [6.07, 6.45) is 1.42. The molecular weight excluding hydrogens is 388 g/mol. The monoisotopic (exact) mass is 414 g/mol. The third kappa shape index (κ3) is 5.12. The fourth-order valence-corrected chi connectivity index (χ4v) is 3.59. The van der Waals surface area contributed by atoms with Gasteiger partial charge >= 0.3 is 0 Å². The van der Waals surface area contributed by atoms with Crippen molar-refractivity contribution >= 4 is 11.8 Å². The summed E-state index contributed by atoms with van der Waals surface area (Å²) in [6, 6.07) is 25.3. The molecule has 0 heterocycles. The number of hydrogen-bond acceptors (Lipinski definition) is 3. The zero-order valence-electron chi connectivity index (χ0n) is 17.5. The summed E-state index contributed by atoms with van der Waals surface area (Å²) in [6.45, 7) is 2.28. The SMILES string of the molecule is CC(Oc1ccc(-c2ccccc2)cc1)C(=O)N(Cc1ccc(C(N)=O)cc1)C1CC1. The summed E-state index contributed by atoms with van der Waals surface area (Å²) in [7, 11) is 0. The second-order valence-electron chi connectivity index (χ2n) is 7.91. The number of amides is 2. The third-order valence-electron chi connectivity index (χ3n) is 5.48. The highest BCUT2D eigenvalue weighted by molar-refractivity contribution is 5.92. The topological polar surface area (TPSA) is 72.6 Å². The molecule has 0 aliphatic heterocycles. The van der Waals surface area contributed by atoms with E-state index < -0.39 is 12.0 Å². The van der Waals surface area contributed by atoms with Crippen molar-refractivity contribution in [3.63, 3.8) is 0 Å². The van der Waals surface area contributed by atoms with Crippen molar-refractivity contribution in [1.29, 1.82) is 0 Å². The standard InChI is InChI=1S/C26H26N2O3/c1-18(31-24-15-11-21(12-16-24)20-5-3-2-4-6-20)26(30)28(23-13-14-23)17-19-7-9-22(10-8-19)25(27)29/h2-12,15-16,18,23H,13-14,17H2,1H3,(H2,27,29). The zero-order valence-corrected chi connectivity index (χ0v) is 17.5. The van der Waals surface area contributed by atoms with Crippen LogP contribution in [0.5, 0.6) is 5.75 Å². The Morgan fingerprint density at radius 1 is 0.935 bits per heavy atom. The quantitative estimate of drug-likeness (QED) is 0.593. The molecule has 2 amide bonds. The lowest BCUT2D eigenvalue weighted by Gasteiger charge is -2.26. The van der Waals surface area contributed by atoms with Gasteiger partial charge in [-0.3, -0.25) is 9.59 Å². The van der Waals surface area contributed by atoms with Gasteiger partial charge < -0.3 is 15.4 Å². The molecule has 0 bridgehead atoms. The van der Waals surface area contributed by atoms with Crippen molar-refractivity contribution in [2.75, 3.05) is 0 Å². The van der Waals surface area contributed by atoms with E-state index in [0.717, 1.165) is 29.5 Å². The first-order valence-corrected chi connectivity index (χ1v) is 10.5. The van der Waals surface area contributed by atoms with E-state index in [-0.39, 0.29) is 11.9 Å². The van der Waals surface area contributed by atoms with Crippen LogP contribution < -0.4 is 10.5 Å². The van der Waals surface area contributed by atoms with Crippen molar-refractivity contribution in [2.24, 2.45) is 5.73 Å². The first-order valence-electron chi connectivity index (χ1n) is 10.5. The molecule has 1 unspecified atom stereocenters. The second-order valence-corrected chi connectivity index (χ2v) is 7.91. The van der Waals surface area contributed by atoms with Crippen LogP contribution >= 0.6 is 0 Å². The molecule has 5 nitrogen and oxygen atoms in total. The third-order valence-corrected chi connectivity index (χ3v) is 5.48. The molecule has 0 spiro atoms. The number of nitrogens with two attached hydrogens (primary N) is 1. The number of carbonyl (C=O) groups excluding carboxylic acids is 2. The first-order chi connectivity index (χ1) is 15.0. The average molecular weight is 415 g/mol. The molecule has 0 radical (unpaired) electrons. The molecule has 0 saturated heterocycles. The van der Waals surface area contributed by atoms with Crippen molar-refractivity contribution in [2.45, 2.75) is 38.5 Å². The minimum Gasteiger partial charge on any atom is -0.481 e. The maximum atomic E-state index is 13.1. The van der Waals surface area contributed by atoms with Gasteiger partial charge in [-0.2, -0.15) is 0 Å². The number of hydrogen-bond donors (Lipinski definition) is 1. The molecule has 0 aromatic heterocycles. The molecule has 1 fully saturated rings. The van der Waals surface area contributed by atoms with E-state index >= 15 is 0 Å². The maximum Gasteiger partial charge on any atom is 0.263 e. The Hall–Kier alpha value is -3.60. The summed E-state index contributed by atoms with van der Waals surface area (Å²) < 4.78 is 5.96. The summed E-state index contributed by atoms with van der Waals surface area (Å²) in [5, 5.41) is 0. The van der Waals surface area contributed by atoms with E-state index in [1.54, 1.807) is 19.1 Å². The lowest BCUT2D eigenvalue weighted by Crippen LogP contribution is -2.41. The van der Waals surface area contributed by atoms with Crippen LogP contribution in [0.4, 0.5) is 0 Å². The fraction of sp³-hybridized carbons (Fsp3) is 0.231. The Bertz CT molecular complexity index is 1040. The van der Waals surface area contributed by atoms with Crippen LogP contribution in [0.1, 0.15) is 35.7 Å². The largest absolute Gasteiger partial charge is 0.481 e. The number of benzene rings is 3. The molecule has 1 aliphatic carbocycles. The highest BCUT2D eigenvalue weighted by Crippen LogP contribution is 2.30. The Balaban J connectivity index is 1.41. The van der Waals surface area contributed by atoms with E-state index in [1.165, 1.54) is 0 Å². The van der Waals surface area contributed by atoms with Gasteiger partial charge in [0.05, 0.1) is 0 Å². The van der Waals surface area contributed by atoms with Gasteiger partial charge in [-0.15, -0.1) is 0 Å². The summed E-state index contributed by atoms with van der Waals surface area (Å²) in [4.78, 5) is 26.3. The summed E-state index contributed by atoms with van der Waals surface area (Å²) in [5.41, 5.74) is 8.97. The summed E-state index contributed by atoms with van der Waals surface area (Å²) >= 11 is 0. The van der Waals surface area contributed by atoms with Crippen molar-refractivity contribution in [1.82, 2.24) is 4.90 Å². The van der Waals surface area contributed by atoms with Gasteiger partial charge in [-0.05, 0) is 60.7 Å². The molecule has 2 N–H and O–H groups in total. The smallest absolute Gasteiger partial charge is 0.263 e. The predicted octanol–water partition coefficient (Wildman–Crippen LogP) is 4.41. The highest BCUT2D eigenvalue weighted by atomic mass is 16.5. The molecular formula is C26H26N2O3. The molecule has 3 aromatic carbocycles. The Morgan fingerprint density at radius 2 is 1.55 bits per heavy atom. The van der Waals surface area contributed by atoms with Crippen molar-refractivity contribution < 1.29 is 14.3 Å². The predicted molar refractivity (Wildman–Crippen MR) is 120 cm³/mol. The van der Waals surface area contributed by atoms with Gasteiger partial charge in [0.15, 0.2) is 6.10 Å². The molecule has 158 valence electrons. The van der Waals surface area contributed by atoms with Gasteiger partial charge in [-0.25, -0.2) is 0 Å². The number of carbonyl (C=O) groups is 2. The lowest BCUT2D eigenvalue weighted by atomic mass is 10.1. The van der Waals surface area contributed by atoms with Gasteiger partial charge in [0, 0.05) is 18.2 Å². The molecule has 31 heavy (non-hydrogen) atoms. The van der Waals surface area contributed by atoms with Crippen LogP contribution in [-0.2, 0) is 11.3 Å². The average Bonchev–Trinajstić information content (AvgIpc) is 3.64. The minimum absolute atomic E-state index is 0.0337. The van der Waals surface area contributed by atoms with Crippen LogP contribution in [0.15, 0.2) is 78.9 Å². The fourth-order valence-electron chi connectivity index (χ4n) is 3.59. The van der Waals surface area contributed by atoms with Crippen LogP contribution in [-0.4, -0.2) is 28.9 Å². The highest BCUT2D eigenvalue weighted by Gasteiger charge is 2.35. The molecule has 4 rings (SSSR count).